The molecule has 1 atom stereocenters. The molecule has 0 spiro atoms. The molecule has 1 aromatic carbocycles. The molecule has 0 heterocycles. The van der Waals surface area contributed by atoms with Crippen LogP contribution in [0.3, 0.4) is 0 Å². The van der Waals surface area contributed by atoms with E-state index in [1.807, 2.05) is 20.8 Å². The van der Waals surface area contributed by atoms with Crippen molar-refractivity contribution in [2.45, 2.75) is 46.5 Å². The first-order valence-electron chi connectivity index (χ1n) is 9.20. The van der Waals surface area contributed by atoms with E-state index >= 15 is 0 Å². The Morgan fingerprint density at radius 2 is 2.00 bits per heavy atom. The lowest BCUT2D eigenvalue weighted by Crippen LogP contribution is -2.36. The van der Waals surface area contributed by atoms with Gasteiger partial charge in [0.2, 0.25) is 5.91 Å². The van der Waals surface area contributed by atoms with Crippen LogP contribution < -0.4 is 10.6 Å². The van der Waals surface area contributed by atoms with Crippen LogP contribution in [-0.2, 0) is 4.79 Å². The molecule has 1 aromatic rings. The second-order valence-electron chi connectivity index (χ2n) is 7.52. The molecule has 0 saturated heterocycles. The van der Waals surface area contributed by atoms with Gasteiger partial charge >= 0.3 is 0 Å². The summed E-state index contributed by atoms with van der Waals surface area (Å²) < 4.78 is 0. The van der Waals surface area contributed by atoms with Crippen molar-refractivity contribution in [2.75, 3.05) is 18.5 Å². The predicted octanol–water partition coefficient (Wildman–Crippen LogP) is 3.12. The Morgan fingerprint density at radius 3 is 2.52 bits per heavy atom. The van der Waals surface area contributed by atoms with Gasteiger partial charge in [-0.05, 0) is 42.5 Å². The number of carbonyl (C=O) groups excluding carboxylic acids is 2. The smallest absolute Gasteiger partial charge is 0.251 e. The molecule has 5 nitrogen and oxygen atoms in total. The molecule has 1 aliphatic carbocycles. The Kier molecular flexibility index (Phi) is 7.00. The standard InChI is InChI=1S/C20H30N2O3/c1-13(2)9-19(24)22-18-8-7-16(10-14(18)3)20(25)21-11-17(12-23)15-5-4-6-15/h7-8,10,13,15,17,23H,4-6,9,11-12H2,1-3H3,(H,21,25)(H,22,24). The molecule has 0 aromatic heterocycles. The first kappa shape index (κ1) is 19.4. The number of carbonyl (C=O) groups is 2. The molecule has 1 fully saturated rings. The van der Waals surface area contributed by atoms with Gasteiger partial charge in [-0.2, -0.15) is 0 Å². The van der Waals surface area contributed by atoms with E-state index in [9.17, 15) is 14.7 Å². The summed E-state index contributed by atoms with van der Waals surface area (Å²) in [6, 6.07) is 5.29. The molecule has 138 valence electrons. The second-order valence-corrected chi connectivity index (χ2v) is 7.52. The van der Waals surface area contributed by atoms with Crippen molar-refractivity contribution < 1.29 is 14.7 Å². The van der Waals surface area contributed by atoms with Crippen LogP contribution in [0.15, 0.2) is 18.2 Å². The molecular formula is C20H30N2O3. The van der Waals surface area contributed by atoms with Crippen LogP contribution >= 0.6 is 0 Å². The number of amides is 2. The normalized spacial score (nSPS) is 15.6. The molecule has 3 N–H and O–H groups in total. The molecule has 1 aliphatic rings. The average molecular weight is 346 g/mol. The van der Waals surface area contributed by atoms with E-state index in [2.05, 4.69) is 10.6 Å². The van der Waals surface area contributed by atoms with Gasteiger partial charge in [0.15, 0.2) is 0 Å². The topological polar surface area (TPSA) is 78.4 Å². The molecule has 0 aliphatic heterocycles. The number of hydrogen-bond acceptors (Lipinski definition) is 3. The number of hydrogen-bond donors (Lipinski definition) is 3. The van der Waals surface area contributed by atoms with Crippen LogP contribution in [0.5, 0.6) is 0 Å². The maximum atomic E-state index is 12.3. The first-order valence-corrected chi connectivity index (χ1v) is 9.20. The number of aryl methyl sites for hydroxylation is 1. The highest BCUT2D eigenvalue weighted by atomic mass is 16.3. The third kappa shape index (κ3) is 5.56. The summed E-state index contributed by atoms with van der Waals surface area (Å²) in [4.78, 5) is 24.2. The molecule has 0 radical (unpaired) electrons. The number of aliphatic hydroxyl groups excluding tert-OH is 1. The van der Waals surface area contributed by atoms with Gasteiger partial charge in [0.25, 0.3) is 5.91 Å². The van der Waals surface area contributed by atoms with Gasteiger partial charge in [0.05, 0.1) is 0 Å². The van der Waals surface area contributed by atoms with Gasteiger partial charge in [-0.3, -0.25) is 9.59 Å². The Labute approximate surface area is 150 Å². The van der Waals surface area contributed by atoms with Gasteiger partial charge in [0, 0.05) is 36.7 Å². The third-order valence-electron chi connectivity index (χ3n) is 4.93. The number of nitrogens with one attached hydrogen (secondary N) is 2. The number of anilines is 1. The highest BCUT2D eigenvalue weighted by molar-refractivity contribution is 5.96. The fourth-order valence-electron chi connectivity index (χ4n) is 3.13. The van der Waals surface area contributed by atoms with E-state index in [-0.39, 0.29) is 24.3 Å². The molecule has 0 bridgehead atoms. The van der Waals surface area contributed by atoms with Crippen molar-refractivity contribution >= 4 is 17.5 Å². The van der Waals surface area contributed by atoms with Gasteiger partial charge < -0.3 is 15.7 Å². The largest absolute Gasteiger partial charge is 0.396 e. The number of aliphatic hydroxyl groups is 1. The van der Waals surface area contributed by atoms with Crippen molar-refractivity contribution in [1.29, 1.82) is 0 Å². The Hall–Kier alpha value is -1.88. The van der Waals surface area contributed by atoms with Gasteiger partial charge in [-0.1, -0.05) is 33.1 Å². The summed E-state index contributed by atoms with van der Waals surface area (Å²) in [5, 5.41) is 15.3. The quantitative estimate of drug-likeness (QED) is 0.677. The van der Waals surface area contributed by atoms with Crippen LogP contribution in [0.4, 0.5) is 5.69 Å². The fourth-order valence-corrected chi connectivity index (χ4v) is 3.13. The van der Waals surface area contributed by atoms with E-state index in [4.69, 9.17) is 0 Å². The summed E-state index contributed by atoms with van der Waals surface area (Å²) >= 11 is 0. The van der Waals surface area contributed by atoms with Crippen LogP contribution in [0.2, 0.25) is 0 Å². The highest BCUT2D eigenvalue weighted by Gasteiger charge is 2.27. The minimum absolute atomic E-state index is 0.0124. The summed E-state index contributed by atoms with van der Waals surface area (Å²) in [7, 11) is 0. The third-order valence-corrected chi connectivity index (χ3v) is 4.93. The lowest BCUT2D eigenvalue weighted by Gasteiger charge is -2.32. The van der Waals surface area contributed by atoms with Crippen LogP contribution in [0.25, 0.3) is 0 Å². The SMILES string of the molecule is Cc1cc(C(=O)NCC(CO)C2CCC2)ccc1NC(=O)CC(C)C. The van der Waals surface area contributed by atoms with Crippen molar-refractivity contribution in [3.05, 3.63) is 29.3 Å². The van der Waals surface area contributed by atoms with E-state index < -0.39 is 0 Å². The number of rotatable bonds is 8. The van der Waals surface area contributed by atoms with Crippen LogP contribution in [0, 0.1) is 24.7 Å². The van der Waals surface area contributed by atoms with Crippen molar-refractivity contribution in [1.82, 2.24) is 5.32 Å². The van der Waals surface area contributed by atoms with E-state index in [1.54, 1.807) is 18.2 Å². The zero-order chi connectivity index (χ0) is 18.4. The molecule has 1 unspecified atom stereocenters. The molecule has 2 amide bonds. The zero-order valence-electron chi connectivity index (χ0n) is 15.5. The Morgan fingerprint density at radius 1 is 1.28 bits per heavy atom. The number of benzene rings is 1. The van der Waals surface area contributed by atoms with Crippen molar-refractivity contribution in [3.63, 3.8) is 0 Å². The lowest BCUT2D eigenvalue weighted by molar-refractivity contribution is -0.116. The van der Waals surface area contributed by atoms with Crippen LogP contribution in [0.1, 0.15) is 55.5 Å². The summed E-state index contributed by atoms with van der Waals surface area (Å²) in [6.07, 6.45) is 3.99. The minimum atomic E-state index is -0.138. The monoisotopic (exact) mass is 346 g/mol. The molecule has 1 saturated carbocycles. The molecule has 25 heavy (non-hydrogen) atoms. The second kappa shape index (κ2) is 8.99. The molecule has 5 heteroatoms. The molecular weight excluding hydrogens is 316 g/mol. The highest BCUT2D eigenvalue weighted by Crippen LogP contribution is 2.32. The van der Waals surface area contributed by atoms with E-state index in [0.717, 1.165) is 24.1 Å². The maximum absolute atomic E-state index is 12.3. The van der Waals surface area contributed by atoms with E-state index in [1.165, 1.54) is 6.42 Å². The first-order chi connectivity index (χ1) is 11.9. The van der Waals surface area contributed by atoms with Crippen molar-refractivity contribution in [2.24, 2.45) is 17.8 Å². The minimum Gasteiger partial charge on any atom is -0.396 e. The average Bonchev–Trinajstić information content (AvgIpc) is 2.50. The zero-order valence-corrected chi connectivity index (χ0v) is 15.5. The van der Waals surface area contributed by atoms with Crippen LogP contribution in [-0.4, -0.2) is 30.1 Å². The maximum Gasteiger partial charge on any atom is 0.251 e. The lowest BCUT2D eigenvalue weighted by atomic mass is 9.76. The summed E-state index contributed by atoms with van der Waals surface area (Å²) in [6.45, 7) is 6.51. The van der Waals surface area contributed by atoms with Gasteiger partial charge in [-0.15, -0.1) is 0 Å². The Balaban J connectivity index is 1.92. The van der Waals surface area contributed by atoms with Gasteiger partial charge in [0.1, 0.15) is 0 Å². The predicted molar refractivity (Wildman–Crippen MR) is 99.5 cm³/mol. The van der Waals surface area contributed by atoms with E-state index in [0.29, 0.717) is 30.4 Å². The summed E-state index contributed by atoms with van der Waals surface area (Å²) in [5.41, 5.74) is 2.18. The van der Waals surface area contributed by atoms with Gasteiger partial charge in [-0.25, -0.2) is 0 Å². The fraction of sp³-hybridized carbons (Fsp3) is 0.600. The molecule has 2 rings (SSSR count). The Bertz CT molecular complexity index is 609. The van der Waals surface area contributed by atoms with Crippen molar-refractivity contribution in [3.8, 4) is 0 Å². The summed E-state index contributed by atoms with van der Waals surface area (Å²) in [5.74, 6) is 0.835.